The molecule has 1 aliphatic heterocycles. The predicted octanol–water partition coefficient (Wildman–Crippen LogP) is 1.92. The van der Waals surface area contributed by atoms with E-state index in [0.717, 1.165) is 43.2 Å². The number of aromatic nitrogens is 3. The Kier molecular flexibility index (Phi) is 3.00. The molecule has 0 radical (unpaired) electrons. The minimum absolute atomic E-state index is 0.752. The molecule has 106 valence electrons. The Morgan fingerprint density at radius 2 is 2.30 bits per heavy atom. The molecule has 1 saturated carbocycles. The standard InChI is InChI=1S/C14H19N5S/c1-10-12(8-16-11-2-3-11)20-14(17-10)19-7-6-18-5-4-15-13(18)9-19/h4-5,11,16H,2-3,6-9H2,1H3. The summed E-state index contributed by atoms with van der Waals surface area (Å²) < 4.78 is 2.23. The molecule has 1 N–H and O–H groups in total. The van der Waals surface area contributed by atoms with Crippen LogP contribution in [0.25, 0.3) is 0 Å². The average molecular weight is 289 g/mol. The minimum atomic E-state index is 0.752. The van der Waals surface area contributed by atoms with E-state index in [1.54, 1.807) is 0 Å². The van der Waals surface area contributed by atoms with Crippen molar-refractivity contribution in [1.29, 1.82) is 0 Å². The summed E-state index contributed by atoms with van der Waals surface area (Å²) in [5, 5.41) is 4.72. The molecule has 3 heterocycles. The third-order valence-electron chi connectivity index (χ3n) is 4.03. The van der Waals surface area contributed by atoms with Gasteiger partial charge in [-0.1, -0.05) is 0 Å². The number of thiazole rings is 1. The van der Waals surface area contributed by atoms with Crippen LogP contribution in [0.15, 0.2) is 12.4 Å². The largest absolute Gasteiger partial charge is 0.339 e. The van der Waals surface area contributed by atoms with Gasteiger partial charge in [-0.25, -0.2) is 9.97 Å². The van der Waals surface area contributed by atoms with Gasteiger partial charge in [-0.15, -0.1) is 11.3 Å². The van der Waals surface area contributed by atoms with Gasteiger partial charge in [-0.2, -0.15) is 0 Å². The molecule has 0 bridgehead atoms. The van der Waals surface area contributed by atoms with Crippen LogP contribution >= 0.6 is 11.3 Å². The third-order valence-corrected chi connectivity index (χ3v) is 5.24. The average Bonchev–Trinajstić information content (AvgIpc) is 3.03. The molecule has 0 amide bonds. The lowest BCUT2D eigenvalue weighted by Gasteiger charge is -2.27. The van der Waals surface area contributed by atoms with Crippen LogP contribution in [0.5, 0.6) is 0 Å². The number of rotatable bonds is 4. The topological polar surface area (TPSA) is 46.0 Å². The number of anilines is 1. The van der Waals surface area contributed by atoms with Crippen molar-refractivity contribution in [1.82, 2.24) is 19.9 Å². The maximum atomic E-state index is 4.76. The van der Waals surface area contributed by atoms with Crippen molar-refractivity contribution in [3.8, 4) is 0 Å². The van der Waals surface area contributed by atoms with E-state index in [-0.39, 0.29) is 0 Å². The highest BCUT2D eigenvalue weighted by molar-refractivity contribution is 7.15. The van der Waals surface area contributed by atoms with Crippen LogP contribution in [0.1, 0.15) is 29.2 Å². The van der Waals surface area contributed by atoms with Gasteiger partial charge in [0.1, 0.15) is 5.82 Å². The summed E-state index contributed by atoms with van der Waals surface area (Å²) in [6.07, 6.45) is 6.61. The zero-order valence-corrected chi connectivity index (χ0v) is 12.5. The molecule has 0 aromatic carbocycles. The molecule has 1 fully saturated rings. The third kappa shape index (κ3) is 2.33. The van der Waals surface area contributed by atoms with Crippen LogP contribution in [0.3, 0.4) is 0 Å². The highest BCUT2D eigenvalue weighted by Crippen LogP contribution is 2.29. The summed E-state index contributed by atoms with van der Waals surface area (Å²) in [4.78, 5) is 12.9. The summed E-state index contributed by atoms with van der Waals surface area (Å²) in [5.74, 6) is 1.14. The molecule has 0 spiro atoms. The van der Waals surface area contributed by atoms with E-state index in [1.807, 2.05) is 17.5 Å². The fraction of sp³-hybridized carbons (Fsp3) is 0.571. The zero-order valence-electron chi connectivity index (χ0n) is 11.7. The highest BCUT2D eigenvalue weighted by atomic mass is 32.1. The van der Waals surface area contributed by atoms with Crippen LogP contribution in [-0.4, -0.2) is 27.1 Å². The van der Waals surface area contributed by atoms with Crippen molar-refractivity contribution in [3.05, 3.63) is 28.8 Å². The first-order valence-corrected chi connectivity index (χ1v) is 8.06. The number of hydrogen-bond acceptors (Lipinski definition) is 5. The second kappa shape index (κ2) is 4.86. The molecule has 0 saturated heterocycles. The van der Waals surface area contributed by atoms with E-state index >= 15 is 0 Å². The molecule has 2 aliphatic rings. The highest BCUT2D eigenvalue weighted by Gasteiger charge is 2.23. The number of fused-ring (bicyclic) bond motifs is 1. The monoisotopic (exact) mass is 289 g/mol. The van der Waals surface area contributed by atoms with E-state index in [4.69, 9.17) is 4.98 Å². The summed E-state index contributed by atoms with van der Waals surface area (Å²) in [6.45, 7) is 5.98. The van der Waals surface area contributed by atoms with Crippen molar-refractivity contribution >= 4 is 16.5 Å². The fourth-order valence-electron chi connectivity index (χ4n) is 2.57. The predicted molar refractivity (Wildman–Crippen MR) is 80.0 cm³/mol. The molecule has 5 nitrogen and oxygen atoms in total. The number of nitrogens with one attached hydrogen (secondary N) is 1. The Hall–Kier alpha value is -1.40. The van der Waals surface area contributed by atoms with E-state index < -0.39 is 0 Å². The first-order chi connectivity index (χ1) is 9.79. The smallest absolute Gasteiger partial charge is 0.186 e. The molecule has 0 atom stereocenters. The van der Waals surface area contributed by atoms with E-state index in [9.17, 15) is 0 Å². The summed E-state index contributed by atoms with van der Waals surface area (Å²) in [6, 6.07) is 0.752. The van der Waals surface area contributed by atoms with Gasteiger partial charge in [0, 0.05) is 42.9 Å². The molecule has 0 unspecified atom stereocenters. The first-order valence-electron chi connectivity index (χ1n) is 7.24. The molecule has 2 aromatic rings. The Balaban J connectivity index is 1.49. The Morgan fingerprint density at radius 3 is 3.15 bits per heavy atom. The van der Waals surface area contributed by atoms with E-state index in [1.165, 1.54) is 23.4 Å². The lowest BCUT2D eigenvalue weighted by molar-refractivity contribution is 0.559. The summed E-state index contributed by atoms with van der Waals surface area (Å²) >= 11 is 1.83. The second-order valence-electron chi connectivity index (χ2n) is 5.62. The van der Waals surface area contributed by atoms with Crippen LogP contribution < -0.4 is 10.2 Å². The molecular weight excluding hydrogens is 270 g/mol. The molecule has 2 aromatic heterocycles. The van der Waals surface area contributed by atoms with Gasteiger partial charge in [-0.3, -0.25) is 0 Å². The van der Waals surface area contributed by atoms with Gasteiger partial charge in [0.25, 0.3) is 0 Å². The summed E-state index contributed by atoms with van der Waals surface area (Å²) in [5.41, 5.74) is 1.17. The van der Waals surface area contributed by atoms with Gasteiger partial charge in [0.05, 0.1) is 12.2 Å². The normalized spacial score (nSPS) is 18.4. The zero-order chi connectivity index (χ0) is 13.5. The number of hydrogen-bond donors (Lipinski definition) is 1. The Bertz CT molecular complexity index is 613. The number of imidazole rings is 1. The number of nitrogens with zero attached hydrogens (tertiary/aromatic N) is 4. The van der Waals surface area contributed by atoms with Crippen LogP contribution in [0.4, 0.5) is 5.13 Å². The lowest BCUT2D eigenvalue weighted by Crippen LogP contribution is -2.33. The van der Waals surface area contributed by atoms with Crippen LogP contribution in [-0.2, 0) is 19.6 Å². The molecule has 6 heteroatoms. The SMILES string of the molecule is Cc1nc(N2CCn3ccnc3C2)sc1CNC1CC1. The first kappa shape index (κ1) is 12.3. The van der Waals surface area contributed by atoms with Crippen molar-refractivity contribution in [2.24, 2.45) is 0 Å². The van der Waals surface area contributed by atoms with Crippen molar-refractivity contribution in [2.75, 3.05) is 11.4 Å². The molecule has 4 rings (SSSR count). The van der Waals surface area contributed by atoms with Gasteiger partial charge in [0.15, 0.2) is 5.13 Å². The molecule has 20 heavy (non-hydrogen) atoms. The van der Waals surface area contributed by atoms with Crippen molar-refractivity contribution in [2.45, 2.75) is 45.4 Å². The van der Waals surface area contributed by atoms with Crippen LogP contribution in [0.2, 0.25) is 0 Å². The molecule has 1 aliphatic carbocycles. The van der Waals surface area contributed by atoms with E-state index in [0.29, 0.717) is 0 Å². The quantitative estimate of drug-likeness (QED) is 0.934. The minimum Gasteiger partial charge on any atom is -0.339 e. The fourth-order valence-corrected chi connectivity index (χ4v) is 3.61. The van der Waals surface area contributed by atoms with Crippen molar-refractivity contribution in [3.63, 3.8) is 0 Å². The maximum absolute atomic E-state index is 4.76. The maximum Gasteiger partial charge on any atom is 0.186 e. The lowest BCUT2D eigenvalue weighted by atomic mass is 10.4. The van der Waals surface area contributed by atoms with Crippen molar-refractivity contribution < 1.29 is 0 Å². The van der Waals surface area contributed by atoms with Gasteiger partial charge in [0.2, 0.25) is 0 Å². The van der Waals surface area contributed by atoms with E-state index in [2.05, 4.69) is 32.9 Å². The number of aryl methyl sites for hydroxylation is 1. The van der Waals surface area contributed by atoms with Gasteiger partial charge < -0.3 is 14.8 Å². The van der Waals surface area contributed by atoms with Gasteiger partial charge >= 0.3 is 0 Å². The Morgan fingerprint density at radius 1 is 1.40 bits per heavy atom. The molecular formula is C14H19N5S. The van der Waals surface area contributed by atoms with Crippen LogP contribution in [0, 0.1) is 6.92 Å². The Labute approximate surface area is 122 Å². The van der Waals surface area contributed by atoms with Gasteiger partial charge in [-0.05, 0) is 19.8 Å². The second-order valence-corrected chi connectivity index (χ2v) is 6.68. The summed E-state index contributed by atoms with van der Waals surface area (Å²) in [7, 11) is 0.